The topological polar surface area (TPSA) is 48.6 Å². The van der Waals surface area contributed by atoms with Crippen LogP contribution in [-0.2, 0) is 11.4 Å². The van der Waals surface area contributed by atoms with Crippen molar-refractivity contribution in [1.29, 1.82) is 5.26 Å². The lowest BCUT2D eigenvalue weighted by molar-refractivity contribution is 0.132. The van der Waals surface area contributed by atoms with Crippen LogP contribution in [0.5, 0.6) is 0 Å². The van der Waals surface area contributed by atoms with E-state index in [9.17, 15) is 0 Å². The van der Waals surface area contributed by atoms with Crippen molar-refractivity contribution >= 4 is 27.8 Å². The van der Waals surface area contributed by atoms with Gasteiger partial charge in [0, 0.05) is 23.1 Å². The summed E-state index contributed by atoms with van der Waals surface area (Å²) in [5.74, 6) is 0. The smallest absolute Gasteiger partial charge is 0.143 e. The molecule has 0 aliphatic heterocycles. The predicted octanol–water partition coefficient (Wildman–Crippen LogP) is 4.72. The van der Waals surface area contributed by atoms with Crippen molar-refractivity contribution in [2.75, 3.05) is 18.0 Å². The molecule has 4 nitrogen and oxygen atoms in total. The molecule has 24 heavy (non-hydrogen) atoms. The molecule has 0 aliphatic rings. The van der Waals surface area contributed by atoms with E-state index < -0.39 is 0 Å². The molecule has 0 aromatic heterocycles. The maximum atomic E-state index is 9.04. The van der Waals surface area contributed by atoms with Crippen LogP contribution in [0.1, 0.15) is 30.5 Å². The molecule has 5 heteroatoms. The van der Waals surface area contributed by atoms with E-state index in [0.717, 1.165) is 28.7 Å². The van der Waals surface area contributed by atoms with Crippen molar-refractivity contribution in [2.24, 2.45) is 5.16 Å². The third kappa shape index (κ3) is 4.59. The number of benzene rings is 2. The van der Waals surface area contributed by atoms with Gasteiger partial charge in [0.15, 0.2) is 0 Å². The largest absolute Gasteiger partial charge is 0.391 e. The molecule has 0 heterocycles. The molecule has 0 saturated carbocycles. The number of hydrogen-bond donors (Lipinski definition) is 0. The number of nitriles is 1. The summed E-state index contributed by atoms with van der Waals surface area (Å²) in [6, 6.07) is 15.6. The van der Waals surface area contributed by atoms with E-state index in [1.54, 1.807) is 12.3 Å². The van der Waals surface area contributed by atoms with Crippen molar-refractivity contribution in [2.45, 2.75) is 20.5 Å². The number of halogens is 1. The summed E-state index contributed by atoms with van der Waals surface area (Å²) in [5.41, 5.74) is 3.56. The van der Waals surface area contributed by atoms with E-state index in [1.807, 2.05) is 30.3 Å². The molecule has 0 bridgehead atoms. The van der Waals surface area contributed by atoms with Gasteiger partial charge in [-0.2, -0.15) is 5.26 Å². The van der Waals surface area contributed by atoms with Crippen LogP contribution in [0.3, 0.4) is 0 Å². The molecule has 0 aliphatic carbocycles. The lowest BCUT2D eigenvalue weighted by atomic mass is 10.1. The third-order valence-electron chi connectivity index (χ3n) is 3.71. The average Bonchev–Trinajstić information content (AvgIpc) is 2.61. The van der Waals surface area contributed by atoms with E-state index in [0.29, 0.717) is 5.56 Å². The predicted molar refractivity (Wildman–Crippen MR) is 101 cm³/mol. The van der Waals surface area contributed by atoms with Crippen LogP contribution < -0.4 is 4.90 Å². The second-order valence-corrected chi connectivity index (χ2v) is 6.01. The van der Waals surface area contributed by atoms with Crippen molar-refractivity contribution in [3.63, 3.8) is 0 Å². The maximum absolute atomic E-state index is 9.04. The summed E-state index contributed by atoms with van der Waals surface area (Å²) >= 11 is 3.61. The summed E-state index contributed by atoms with van der Waals surface area (Å²) < 4.78 is 1.03. The summed E-state index contributed by atoms with van der Waals surface area (Å²) in [4.78, 5) is 7.60. The summed E-state index contributed by atoms with van der Waals surface area (Å²) in [7, 11) is 0. The van der Waals surface area contributed by atoms with E-state index >= 15 is 0 Å². The van der Waals surface area contributed by atoms with E-state index in [1.165, 1.54) is 5.69 Å². The monoisotopic (exact) mass is 385 g/mol. The van der Waals surface area contributed by atoms with Crippen molar-refractivity contribution < 1.29 is 4.84 Å². The molecule has 0 unspecified atom stereocenters. The first-order valence-electron chi connectivity index (χ1n) is 7.87. The minimum Gasteiger partial charge on any atom is -0.391 e. The maximum Gasteiger partial charge on any atom is 0.143 e. The Morgan fingerprint density at radius 1 is 1.21 bits per heavy atom. The normalized spacial score (nSPS) is 10.6. The second kappa shape index (κ2) is 9.09. The van der Waals surface area contributed by atoms with Gasteiger partial charge in [-0.3, -0.25) is 0 Å². The Bertz CT molecular complexity index is 749. The first-order valence-corrected chi connectivity index (χ1v) is 8.66. The minimum absolute atomic E-state index is 0.277. The molecule has 0 N–H and O–H groups in total. The van der Waals surface area contributed by atoms with Gasteiger partial charge in [-0.15, -0.1) is 0 Å². The standard InChI is InChI=1S/C19H20BrN3O/c1-3-23(4-2)19-10-9-15(11-18(19)20)13-22-24-14-17-8-6-5-7-16(17)12-21/h5-11,13H,3-4,14H2,1-2H3/b22-13-. The third-order valence-corrected chi connectivity index (χ3v) is 4.35. The zero-order chi connectivity index (χ0) is 17.4. The number of oxime groups is 1. The van der Waals surface area contributed by atoms with Crippen LogP contribution >= 0.6 is 15.9 Å². The highest BCUT2D eigenvalue weighted by Gasteiger charge is 2.06. The van der Waals surface area contributed by atoms with Crippen molar-refractivity contribution in [3.05, 3.63) is 63.6 Å². The molecule has 0 saturated heterocycles. The van der Waals surface area contributed by atoms with Crippen LogP contribution in [0, 0.1) is 11.3 Å². The van der Waals surface area contributed by atoms with Crippen LogP contribution in [0.15, 0.2) is 52.1 Å². The summed E-state index contributed by atoms with van der Waals surface area (Å²) in [6.45, 7) is 6.48. The fourth-order valence-corrected chi connectivity index (χ4v) is 3.03. The van der Waals surface area contributed by atoms with Crippen LogP contribution in [0.2, 0.25) is 0 Å². The molecule has 0 atom stereocenters. The SMILES string of the molecule is CCN(CC)c1ccc(/C=N\OCc2ccccc2C#N)cc1Br. The fraction of sp³-hybridized carbons (Fsp3) is 0.263. The van der Waals surface area contributed by atoms with E-state index in [-0.39, 0.29) is 6.61 Å². The number of anilines is 1. The van der Waals surface area contributed by atoms with Crippen LogP contribution in [-0.4, -0.2) is 19.3 Å². The minimum atomic E-state index is 0.277. The molecule has 0 radical (unpaired) electrons. The Kier molecular flexibility index (Phi) is 6.83. The van der Waals surface area contributed by atoms with Crippen LogP contribution in [0.4, 0.5) is 5.69 Å². The Labute approximate surface area is 151 Å². The Hall–Kier alpha value is -2.32. The molecule has 2 aromatic carbocycles. The lowest BCUT2D eigenvalue weighted by Gasteiger charge is -2.22. The number of rotatable bonds is 7. The van der Waals surface area contributed by atoms with Gasteiger partial charge in [0.05, 0.1) is 23.5 Å². The molecule has 124 valence electrons. The quantitative estimate of drug-likeness (QED) is 0.511. The zero-order valence-electron chi connectivity index (χ0n) is 13.9. The molecule has 2 aromatic rings. The van der Waals surface area contributed by atoms with Gasteiger partial charge in [-0.05, 0) is 53.5 Å². The van der Waals surface area contributed by atoms with Crippen molar-refractivity contribution in [3.8, 4) is 6.07 Å². The number of nitrogens with zero attached hydrogens (tertiary/aromatic N) is 3. The van der Waals surface area contributed by atoms with Gasteiger partial charge >= 0.3 is 0 Å². The molecular weight excluding hydrogens is 366 g/mol. The lowest BCUT2D eigenvalue weighted by Crippen LogP contribution is -2.22. The van der Waals surface area contributed by atoms with Gasteiger partial charge in [-0.1, -0.05) is 29.4 Å². The molecule has 0 fully saturated rings. The molecular formula is C19H20BrN3O. The Morgan fingerprint density at radius 3 is 2.62 bits per heavy atom. The summed E-state index contributed by atoms with van der Waals surface area (Å²) in [5, 5.41) is 13.0. The highest BCUT2D eigenvalue weighted by Crippen LogP contribution is 2.26. The highest BCUT2D eigenvalue weighted by atomic mass is 79.9. The van der Waals surface area contributed by atoms with Gasteiger partial charge in [0.25, 0.3) is 0 Å². The van der Waals surface area contributed by atoms with Gasteiger partial charge in [0.1, 0.15) is 6.61 Å². The molecule has 2 rings (SSSR count). The van der Waals surface area contributed by atoms with E-state index in [4.69, 9.17) is 10.1 Å². The highest BCUT2D eigenvalue weighted by molar-refractivity contribution is 9.10. The summed E-state index contributed by atoms with van der Waals surface area (Å²) in [6.07, 6.45) is 1.67. The molecule has 0 amide bonds. The van der Waals surface area contributed by atoms with E-state index in [2.05, 4.69) is 52.0 Å². The first-order chi connectivity index (χ1) is 11.7. The van der Waals surface area contributed by atoms with Gasteiger partial charge in [0.2, 0.25) is 0 Å². The second-order valence-electron chi connectivity index (χ2n) is 5.16. The van der Waals surface area contributed by atoms with Crippen LogP contribution in [0.25, 0.3) is 0 Å². The fourth-order valence-electron chi connectivity index (χ4n) is 2.38. The van der Waals surface area contributed by atoms with Crippen molar-refractivity contribution in [1.82, 2.24) is 0 Å². The Balaban J connectivity index is 2.00. The van der Waals surface area contributed by atoms with Gasteiger partial charge < -0.3 is 9.74 Å². The first kappa shape index (κ1) is 18.0. The van der Waals surface area contributed by atoms with Gasteiger partial charge in [-0.25, -0.2) is 0 Å². The Morgan fingerprint density at radius 2 is 1.96 bits per heavy atom. The molecule has 0 spiro atoms. The zero-order valence-corrected chi connectivity index (χ0v) is 15.5. The average molecular weight is 386 g/mol. The number of hydrogen-bond acceptors (Lipinski definition) is 4.